The maximum Gasteiger partial charge on any atom is 0.296 e. The van der Waals surface area contributed by atoms with Gasteiger partial charge in [-0.05, 0) is 22.0 Å². The summed E-state index contributed by atoms with van der Waals surface area (Å²) in [5, 5.41) is 10.5. The van der Waals surface area contributed by atoms with Crippen molar-refractivity contribution in [2.75, 3.05) is 12.8 Å². The van der Waals surface area contributed by atoms with Gasteiger partial charge in [-0.15, -0.1) is 0 Å². The van der Waals surface area contributed by atoms with Crippen molar-refractivity contribution in [3.8, 4) is 5.75 Å². The third-order valence-electron chi connectivity index (χ3n) is 1.53. The van der Waals surface area contributed by atoms with Crippen LogP contribution in [0, 0.1) is 10.1 Å². The Labute approximate surface area is 82.8 Å². The molecule has 1 rings (SSSR count). The fourth-order valence-corrected chi connectivity index (χ4v) is 1.44. The van der Waals surface area contributed by atoms with Crippen LogP contribution in [0.1, 0.15) is 0 Å². The van der Waals surface area contributed by atoms with Gasteiger partial charge in [-0.1, -0.05) is 0 Å². The molecular weight excluding hydrogens is 240 g/mol. The fraction of sp³-hybridized carbons (Fsp3) is 0.143. The van der Waals surface area contributed by atoms with Gasteiger partial charge >= 0.3 is 0 Å². The molecule has 0 unspecified atom stereocenters. The minimum Gasteiger partial charge on any atom is -0.493 e. The van der Waals surface area contributed by atoms with E-state index in [0.717, 1.165) is 0 Å². The molecule has 0 aromatic heterocycles. The van der Waals surface area contributed by atoms with Crippen LogP contribution in [0.25, 0.3) is 0 Å². The summed E-state index contributed by atoms with van der Waals surface area (Å²) in [6.45, 7) is 0. The van der Waals surface area contributed by atoms with Crippen molar-refractivity contribution in [1.29, 1.82) is 0 Å². The van der Waals surface area contributed by atoms with Crippen molar-refractivity contribution in [1.82, 2.24) is 0 Å². The van der Waals surface area contributed by atoms with Gasteiger partial charge in [-0.3, -0.25) is 10.1 Å². The Balaban J connectivity index is 3.35. The van der Waals surface area contributed by atoms with Gasteiger partial charge in [0, 0.05) is 6.07 Å². The Morgan fingerprint density at radius 2 is 2.23 bits per heavy atom. The second-order valence-electron chi connectivity index (χ2n) is 2.27. The molecular formula is C7H7BrN2O3. The van der Waals surface area contributed by atoms with E-state index in [9.17, 15) is 10.1 Å². The highest BCUT2D eigenvalue weighted by Crippen LogP contribution is 2.37. The lowest BCUT2D eigenvalue weighted by atomic mass is 10.2. The first-order valence-electron chi connectivity index (χ1n) is 3.34. The summed E-state index contributed by atoms with van der Waals surface area (Å²) in [4.78, 5) is 9.90. The van der Waals surface area contributed by atoms with Crippen molar-refractivity contribution in [2.45, 2.75) is 0 Å². The smallest absolute Gasteiger partial charge is 0.296 e. The van der Waals surface area contributed by atoms with E-state index in [2.05, 4.69) is 15.9 Å². The van der Waals surface area contributed by atoms with E-state index in [1.165, 1.54) is 19.2 Å². The molecule has 1 aromatic carbocycles. The van der Waals surface area contributed by atoms with Crippen LogP contribution in [0.15, 0.2) is 16.6 Å². The average Bonchev–Trinajstić information content (AvgIpc) is 2.04. The Morgan fingerprint density at radius 1 is 1.62 bits per heavy atom. The lowest BCUT2D eigenvalue weighted by molar-refractivity contribution is -0.384. The summed E-state index contributed by atoms with van der Waals surface area (Å²) in [6.07, 6.45) is 0. The van der Waals surface area contributed by atoms with Gasteiger partial charge in [-0.25, -0.2) is 0 Å². The standard InChI is InChI=1S/C7H7BrN2O3/c1-13-7-4(8)2-3-5(6(7)9)10(11)12/h2-3H,9H2,1H3. The summed E-state index contributed by atoms with van der Waals surface area (Å²) < 4.78 is 5.49. The van der Waals surface area contributed by atoms with Gasteiger partial charge in [-0.2, -0.15) is 0 Å². The number of nitro benzene ring substituents is 1. The molecule has 0 amide bonds. The second kappa shape index (κ2) is 3.61. The lowest BCUT2D eigenvalue weighted by Gasteiger charge is -2.06. The number of nitrogen functional groups attached to an aromatic ring is 1. The molecule has 1 aromatic rings. The number of nitrogens with two attached hydrogens (primary N) is 1. The van der Waals surface area contributed by atoms with E-state index in [-0.39, 0.29) is 17.1 Å². The molecule has 0 aliphatic carbocycles. The molecule has 70 valence electrons. The van der Waals surface area contributed by atoms with Gasteiger partial charge in [0.1, 0.15) is 0 Å². The maximum absolute atomic E-state index is 10.5. The molecule has 6 heteroatoms. The molecule has 0 radical (unpaired) electrons. The highest BCUT2D eigenvalue weighted by atomic mass is 79.9. The number of halogens is 1. The monoisotopic (exact) mass is 246 g/mol. The van der Waals surface area contributed by atoms with Crippen LogP contribution in [-0.2, 0) is 0 Å². The predicted octanol–water partition coefficient (Wildman–Crippen LogP) is 1.95. The first kappa shape index (κ1) is 9.79. The molecule has 0 heterocycles. The van der Waals surface area contributed by atoms with Crippen LogP contribution in [0.5, 0.6) is 5.75 Å². The molecule has 0 aliphatic heterocycles. The predicted molar refractivity (Wildman–Crippen MR) is 51.8 cm³/mol. The highest BCUT2D eigenvalue weighted by molar-refractivity contribution is 9.10. The summed E-state index contributed by atoms with van der Waals surface area (Å²) in [5.41, 5.74) is 5.38. The van der Waals surface area contributed by atoms with Gasteiger partial charge in [0.25, 0.3) is 5.69 Å². The molecule has 2 N–H and O–H groups in total. The first-order valence-corrected chi connectivity index (χ1v) is 4.13. The SMILES string of the molecule is COc1c(Br)ccc([N+](=O)[O-])c1N. The number of benzene rings is 1. The number of rotatable bonds is 2. The second-order valence-corrected chi connectivity index (χ2v) is 3.12. The number of ether oxygens (including phenoxy) is 1. The zero-order valence-corrected chi connectivity index (χ0v) is 8.37. The van der Waals surface area contributed by atoms with Crippen LogP contribution < -0.4 is 10.5 Å². The summed E-state index contributed by atoms with van der Waals surface area (Å²) in [7, 11) is 1.40. The van der Waals surface area contributed by atoms with Crippen molar-refractivity contribution in [3.63, 3.8) is 0 Å². The van der Waals surface area contributed by atoms with Crippen molar-refractivity contribution < 1.29 is 9.66 Å². The molecule has 0 aliphatic rings. The number of methoxy groups -OCH3 is 1. The summed E-state index contributed by atoms with van der Waals surface area (Å²) in [6, 6.07) is 2.84. The minimum atomic E-state index is -0.551. The van der Waals surface area contributed by atoms with Gasteiger partial charge in [0.15, 0.2) is 11.4 Å². The number of hydrogen-bond donors (Lipinski definition) is 1. The number of nitrogens with zero attached hydrogens (tertiary/aromatic N) is 1. The quantitative estimate of drug-likeness (QED) is 0.492. The molecule has 13 heavy (non-hydrogen) atoms. The van der Waals surface area contributed by atoms with Crippen LogP contribution in [-0.4, -0.2) is 12.0 Å². The van der Waals surface area contributed by atoms with E-state index >= 15 is 0 Å². The van der Waals surface area contributed by atoms with E-state index < -0.39 is 4.92 Å². The van der Waals surface area contributed by atoms with Crippen LogP contribution in [0.4, 0.5) is 11.4 Å². The van der Waals surface area contributed by atoms with E-state index in [1.807, 2.05) is 0 Å². The van der Waals surface area contributed by atoms with Crippen LogP contribution in [0.2, 0.25) is 0 Å². The van der Waals surface area contributed by atoms with Crippen molar-refractivity contribution in [2.24, 2.45) is 0 Å². The van der Waals surface area contributed by atoms with Crippen LogP contribution >= 0.6 is 15.9 Å². The summed E-state index contributed by atoms with van der Waals surface area (Å²) in [5.74, 6) is 0.286. The fourth-order valence-electron chi connectivity index (χ4n) is 0.929. The average molecular weight is 247 g/mol. The van der Waals surface area contributed by atoms with Crippen molar-refractivity contribution >= 4 is 27.3 Å². The van der Waals surface area contributed by atoms with E-state index in [1.54, 1.807) is 0 Å². The van der Waals surface area contributed by atoms with Crippen molar-refractivity contribution in [3.05, 3.63) is 26.7 Å². The topological polar surface area (TPSA) is 78.4 Å². The molecule has 5 nitrogen and oxygen atoms in total. The Hall–Kier alpha value is -1.30. The molecule has 0 spiro atoms. The largest absolute Gasteiger partial charge is 0.493 e. The highest BCUT2D eigenvalue weighted by Gasteiger charge is 2.17. The van der Waals surface area contributed by atoms with Crippen LogP contribution in [0.3, 0.4) is 0 Å². The summed E-state index contributed by atoms with van der Waals surface area (Å²) >= 11 is 3.16. The van der Waals surface area contributed by atoms with Gasteiger partial charge < -0.3 is 10.5 Å². The number of nitro groups is 1. The van der Waals surface area contributed by atoms with E-state index in [4.69, 9.17) is 10.5 Å². The lowest BCUT2D eigenvalue weighted by Crippen LogP contribution is -1.99. The van der Waals surface area contributed by atoms with Gasteiger partial charge in [0.05, 0.1) is 16.5 Å². The number of anilines is 1. The van der Waals surface area contributed by atoms with E-state index in [0.29, 0.717) is 4.47 Å². The molecule has 0 bridgehead atoms. The minimum absolute atomic E-state index is 0.0295. The Morgan fingerprint density at radius 3 is 2.69 bits per heavy atom. The molecule has 0 atom stereocenters. The zero-order chi connectivity index (χ0) is 10.0. The third kappa shape index (κ3) is 1.72. The Bertz CT molecular complexity index is 354. The maximum atomic E-state index is 10.5. The zero-order valence-electron chi connectivity index (χ0n) is 6.78. The Kier molecular flexibility index (Phi) is 2.72. The molecule has 0 fully saturated rings. The van der Waals surface area contributed by atoms with Gasteiger partial charge in [0.2, 0.25) is 0 Å². The molecule has 0 saturated carbocycles. The number of hydrogen-bond acceptors (Lipinski definition) is 4. The first-order chi connectivity index (χ1) is 6.07. The normalized spacial score (nSPS) is 9.69. The molecule has 0 saturated heterocycles. The third-order valence-corrected chi connectivity index (χ3v) is 2.15.